The molecule has 0 saturated carbocycles. The summed E-state index contributed by atoms with van der Waals surface area (Å²) in [7, 11) is 0. The van der Waals surface area contributed by atoms with Gasteiger partial charge in [0.2, 0.25) is 0 Å². The standard InChI is InChI=1S/C13H9N3O3/c14-13-7-9(16(17)18)6-10(15-13)12-5-8-3-1-2-4-11(8)19-12/h1-7H,(H2,14,15). The van der Waals surface area contributed by atoms with E-state index in [1.54, 1.807) is 6.07 Å². The van der Waals surface area contributed by atoms with Gasteiger partial charge in [-0.15, -0.1) is 0 Å². The molecule has 2 aromatic heterocycles. The van der Waals surface area contributed by atoms with Gasteiger partial charge in [0.1, 0.15) is 17.1 Å². The van der Waals surface area contributed by atoms with Crippen molar-refractivity contribution in [2.24, 2.45) is 0 Å². The van der Waals surface area contributed by atoms with Gasteiger partial charge < -0.3 is 10.2 Å². The van der Waals surface area contributed by atoms with Crippen molar-refractivity contribution >= 4 is 22.5 Å². The van der Waals surface area contributed by atoms with Crippen molar-refractivity contribution in [1.29, 1.82) is 0 Å². The maximum Gasteiger partial charge on any atom is 0.275 e. The second kappa shape index (κ2) is 4.09. The van der Waals surface area contributed by atoms with Gasteiger partial charge in [0, 0.05) is 11.5 Å². The van der Waals surface area contributed by atoms with Crippen LogP contribution >= 0.6 is 0 Å². The molecule has 3 rings (SSSR count). The lowest BCUT2D eigenvalue weighted by atomic mass is 10.2. The first kappa shape index (κ1) is 11.2. The fourth-order valence-electron chi connectivity index (χ4n) is 1.88. The van der Waals surface area contributed by atoms with Crippen LogP contribution in [0.2, 0.25) is 0 Å². The molecular weight excluding hydrogens is 246 g/mol. The molecule has 0 aliphatic rings. The molecule has 6 heteroatoms. The number of nitrogens with zero attached hydrogens (tertiary/aromatic N) is 2. The van der Waals surface area contributed by atoms with Crippen molar-refractivity contribution in [2.45, 2.75) is 0 Å². The SMILES string of the molecule is Nc1cc([N+](=O)[O-])cc(-c2cc3ccccc3o2)n1. The molecule has 0 radical (unpaired) electrons. The molecule has 2 heterocycles. The Bertz CT molecular complexity index is 747. The number of benzene rings is 1. The average molecular weight is 255 g/mol. The van der Waals surface area contributed by atoms with E-state index in [1.165, 1.54) is 12.1 Å². The fraction of sp³-hybridized carbons (Fsp3) is 0. The third-order valence-corrected chi connectivity index (χ3v) is 2.72. The molecule has 3 aromatic rings. The predicted octanol–water partition coefficient (Wildman–Crippen LogP) is 2.99. The molecule has 0 unspecified atom stereocenters. The number of hydrogen-bond donors (Lipinski definition) is 1. The Morgan fingerprint density at radius 2 is 2.00 bits per heavy atom. The first-order valence-electron chi connectivity index (χ1n) is 5.54. The number of furan rings is 1. The number of para-hydroxylation sites is 1. The molecule has 0 aliphatic heterocycles. The van der Waals surface area contributed by atoms with Crippen LogP contribution in [-0.2, 0) is 0 Å². The molecule has 0 aliphatic carbocycles. The Labute approximate surface area is 107 Å². The third kappa shape index (κ3) is 1.99. The van der Waals surface area contributed by atoms with Crippen molar-refractivity contribution < 1.29 is 9.34 Å². The second-order valence-electron chi connectivity index (χ2n) is 4.04. The number of fused-ring (bicyclic) bond motifs is 1. The van der Waals surface area contributed by atoms with Gasteiger partial charge in [-0.1, -0.05) is 18.2 Å². The number of rotatable bonds is 2. The summed E-state index contributed by atoms with van der Waals surface area (Å²) >= 11 is 0. The highest BCUT2D eigenvalue weighted by Gasteiger charge is 2.14. The van der Waals surface area contributed by atoms with Gasteiger partial charge in [0.15, 0.2) is 5.76 Å². The van der Waals surface area contributed by atoms with Crippen molar-refractivity contribution in [3.8, 4) is 11.5 Å². The van der Waals surface area contributed by atoms with Crippen LogP contribution in [0.15, 0.2) is 46.9 Å². The van der Waals surface area contributed by atoms with Crippen molar-refractivity contribution in [2.75, 3.05) is 5.73 Å². The van der Waals surface area contributed by atoms with E-state index in [4.69, 9.17) is 10.2 Å². The van der Waals surface area contributed by atoms with Crippen LogP contribution in [0.5, 0.6) is 0 Å². The lowest BCUT2D eigenvalue weighted by Gasteiger charge is -1.98. The summed E-state index contributed by atoms with van der Waals surface area (Å²) in [5, 5.41) is 11.7. The highest BCUT2D eigenvalue weighted by Crippen LogP contribution is 2.29. The molecule has 0 saturated heterocycles. The minimum absolute atomic E-state index is 0.0876. The molecule has 0 fully saturated rings. The van der Waals surface area contributed by atoms with Crippen molar-refractivity contribution in [1.82, 2.24) is 4.98 Å². The van der Waals surface area contributed by atoms with Crippen LogP contribution in [0, 0.1) is 10.1 Å². The predicted molar refractivity (Wildman–Crippen MR) is 70.5 cm³/mol. The number of nitrogens with two attached hydrogens (primary N) is 1. The minimum Gasteiger partial charge on any atom is -0.454 e. The molecule has 0 amide bonds. The van der Waals surface area contributed by atoms with Gasteiger partial charge in [-0.05, 0) is 12.1 Å². The van der Waals surface area contributed by atoms with Crippen LogP contribution in [0.4, 0.5) is 11.5 Å². The normalized spacial score (nSPS) is 10.7. The highest BCUT2D eigenvalue weighted by molar-refractivity contribution is 5.82. The van der Waals surface area contributed by atoms with E-state index in [0.29, 0.717) is 17.0 Å². The first-order chi connectivity index (χ1) is 9.13. The largest absolute Gasteiger partial charge is 0.454 e. The third-order valence-electron chi connectivity index (χ3n) is 2.72. The monoisotopic (exact) mass is 255 g/mol. The van der Waals surface area contributed by atoms with Gasteiger partial charge in [-0.2, -0.15) is 0 Å². The first-order valence-corrected chi connectivity index (χ1v) is 5.54. The number of pyridine rings is 1. The Morgan fingerprint density at radius 1 is 1.21 bits per heavy atom. The van der Waals surface area contributed by atoms with E-state index in [2.05, 4.69) is 4.98 Å². The lowest BCUT2D eigenvalue weighted by Crippen LogP contribution is -1.96. The van der Waals surface area contributed by atoms with Crippen LogP contribution in [0.25, 0.3) is 22.4 Å². The molecule has 0 spiro atoms. The summed E-state index contributed by atoms with van der Waals surface area (Å²) in [5.74, 6) is 0.543. The quantitative estimate of drug-likeness (QED) is 0.561. The van der Waals surface area contributed by atoms with Crippen LogP contribution in [0.3, 0.4) is 0 Å². The minimum atomic E-state index is -0.510. The van der Waals surface area contributed by atoms with Gasteiger partial charge in [0.05, 0.1) is 11.0 Å². The smallest absolute Gasteiger partial charge is 0.275 e. The summed E-state index contributed by atoms with van der Waals surface area (Å²) in [5.41, 5.74) is 6.51. The number of aromatic nitrogens is 1. The van der Waals surface area contributed by atoms with Crippen LogP contribution in [0.1, 0.15) is 0 Å². The van der Waals surface area contributed by atoms with E-state index in [0.717, 1.165) is 5.39 Å². The van der Waals surface area contributed by atoms with Crippen molar-refractivity contribution in [3.05, 3.63) is 52.6 Å². The Kier molecular flexibility index (Phi) is 2.42. The number of anilines is 1. The maximum absolute atomic E-state index is 10.8. The Hall–Kier alpha value is -2.89. The Balaban J connectivity index is 2.17. The number of nitrogen functional groups attached to an aromatic ring is 1. The van der Waals surface area contributed by atoms with Crippen LogP contribution in [-0.4, -0.2) is 9.91 Å². The molecular formula is C13H9N3O3. The molecule has 0 atom stereocenters. The van der Waals surface area contributed by atoms with Gasteiger partial charge in [0.25, 0.3) is 5.69 Å². The summed E-state index contributed by atoms with van der Waals surface area (Å²) in [4.78, 5) is 14.4. The molecule has 6 nitrogen and oxygen atoms in total. The zero-order valence-electron chi connectivity index (χ0n) is 9.74. The molecule has 94 valence electrons. The van der Waals surface area contributed by atoms with E-state index >= 15 is 0 Å². The lowest BCUT2D eigenvalue weighted by molar-refractivity contribution is -0.384. The zero-order valence-corrected chi connectivity index (χ0v) is 9.74. The average Bonchev–Trinajstić information content (AvgIpc) is 2.81. The number of hydrogen-bond acceptors (Lipinski definition) is 5. The summed E-state index contributed by atoms with van der Waals surface area (Å²) in [6, 6.07) is 11.8. The highest BCUT2D eigenvalue weighted by atomic mass is 16.6. The van der Waals surface area contributed by atoms with E-state index < -0.39 is 4.92 Å². The van der Waals surface area contributed by atoms with Crippen molar-refractivity contribution in [3.63, 3.8) is 0 Å². The fourth-order valence-corrected chi connectivity index (χ4v) is 1.88. The topological polar surface area (TPSA) is 95.2 Å². The molecule has 1 aromatic carbocycles. The van der Waals surface area contributed by atoms with Gasteiger partial charge in [-0.3, -0.25) is 10.1 Å². The second-order valence-corrected chi connectivity index (χ2v) is 4.04. The number of nitro groups is 1. The Morgan fingerprint density at radius 3 is 2.74 bits per heavy atom. The summed E-state index contributed by atoms with van der Waals surface area (Å²) in [6.45, 7) is 0. The summed E-state index contributed by atoms with van der Waals surface area (Å²) in [6.07, 6.45) is 0. The van der Waals surface area contributed by atoms with Gasteiger partial charge in [-0.25, -0.2) is 4.98 Å². The van der Waals surface area contributed by atoms with E-state index in [1.807, 2.05) is 24.3 Å². The van der Waals surface area contributed by atoms with Crippen LogP contribution < -0.4 is 5.73 Å². The van der Waals surface area contributed by atoms with Gasteiger partial charge >= 0.3 is 0 Å². The summed E-state index contributed by atoms with van der Waals surface area (Å²) < 4.78 is 5.60. The van der Waals surface area contributed by atoms with E-state index in [-0.39, 0.29) is 11.5 Å². The maximum atomic E-state index is 10.8. The molecule has 0 bridgehead atoms. The molecule has 2 N–H and O–H groups in total. The van der Waals surface area contributed by atoms with E-state index in [9.17, 15) is 10.1 Å². The zero-order chi connectivity index (χ0) is 13.4. The molecule has 19 heavy (non-hydrogen) atoms.